The Bertz CT molecular complexity index is 114. The minimum Gasteiger partial charge on any atom is -0.249 e. The molecule has 0 radical (unpaired) electrons. The van der Waals surface area contributed by atoms with Gasteiger partial charge in [-0.2, -0.15) is 0 Å². The molecule has 0 N–H and O–H groups in total. The molecule has 0 atom stereocenters. The molecule has 2 nitrogen and oxygen atoms in total. The van der Waals surface area contributed by atoms with E-state index in [9.17, 15) is 0 Å². The molecule has 8 heavy (non-hydrogen) atoms. The smallest absolute Gasteiger partial charge is 0.127 e. The van der Waals surface area contributed by atoms with Crippen molar-refractivity contribution >= 4 is 12.6 Å². The van der Waals surface area contributed by atoms with Gasteiger partial charge in [0.1, 0.15) is 5.84 Å². The fraction of sp³-hybridized carbons (Fsp3) is 0.333. The van der Waals surface area contributed by atoms with Crippen molar-refractivity contribution in [3.63, 3.8) is 0 Å². The van der Waals surface area contributed by atoms with E-state index >= 15 is 0 Å². The van der Waals surface area contributed by atoms with Gasteiger partial charge in [0.15, 0.2) is 0 Å². The van der Waals surface area contributed by atoms with Crippen LogP contribution in [0.2, 0.25) is 0 Å². The lowest BCUT2D eigenvalue weighted by Gasteiger charge is -1.87. The predicted octanol–water partition coefficient (Wildman–Crippen LogP) is 1.64. The van der Waals surface area contributed by atoms with Crippen molar-refractivity contribution in [1.82, 2.24) is 0 Å². The van der Waals surface area contributed by atoms with Crippen LogP contribution in [0.25, 0.3) is 0 Å². The van der Waals surface area contributed by atoms with E-state index in [4.69, 9.17) is 0 Å². The largest absolute Gasteiger partial charge is 0.249 e. The fourth-order valence-corrected chi connectivity index (χ4v) is 0.349. The number of nitrogens with zero attached hydrogens (tertiary/aromatic N) is 2. The summed E-state index contributed by atoms with van der Waals surface area (Å²) in [6, 6.07) is 0. The molecule has 0 aliphatic rings. The topological polar surface area (TPSA) is 24.7 Å². The minimum absolute atomic E-state index is 0.736. The molecule has 0 spiro atoms. The maximum atomic E-state index is 3.81. The third-order valence-electron chi connectivity index (χ3n) is 0.739. The summed E-state index contributed by atoms with van der Waals surface area (Å²) in [6.45, 7) is 8.71. The standard InChI is InChI=1S/C6H10N2/c1-4-6(7-3)8-5-2/h5H,2-4H2,1H3. The van der Waals surface area contributed by atoms with Gasteiger partial charge < -0.3 is 0 Å². The maximum absolute atomic E-state index is 3.81. The molecule has 0 rings (SSSR count). The number of hydrogen-bond acceptors (Lipinski definition) is 1. The summed E-state index contributed by atoms with van der Waals surface area (Å²) in [4.78, 5) is 7.44. The number of aliphatic imine (C=N–C) groups is 2. The zero-order chi connectivity index (χ0) is 6.41. The van der Waals surface area contributed by atoms with Crippen LogP contribution in [0.3, 0.4) is 0 Å². The summed E-state index contributed by atoms with van der Waals surface area (Å²) in [7, 11) is 0. The van der Waals surface area contributed by atoms with Crippen molar-refractivity contribution in [2.45, 2.75) is 13.3 Å². The van der Waals surface area contributed by atoms with E-state index in [0.29, 0.717) is 0 Å². The Morgan fingerprint density at radius 1 is 1.75 bits per heavy atom. The van der Waals surface area contributed by atoms with E-state index in [1.807, 2.05) is 6.92 Å². The zero-order valence-corrected chi connectivity index (χ0v) is 5.09. The Balaban J connectivity index is 3.84. The highest BCUT2D eigenvalue weighted by Gasteiger charge is 1.82. The molecule has 0 aromatic rings. The van der Waals surface area contributed by atoms with Gasteiger partial charge in [0.25, 0.3) is 0 Å². The third-order valence-corrected chi connectivity index (χ3v) is 0.739. The van der Waals surface area contributed by atoms with Crippen molar-refractivity contribution in [2.24, 2.45) is 9.98 Å². The molecular formula is C6H10N2. The maximum Gasteiger partial charge on any atom is 0.127 e. The van der Waals surface area contributed by atoms with E-state index in [2.05, 4.69) is 23.3 Å². The molecule has 0 saturated heterocycles. The zero-order valence-electron chi connectivity index (χ0n) is 5.09. The van der Waals surface area contributed by atoms with Crippen molar-refractivity contribution in [3.05, 3.63) is 12.8 Å². The molecule has 2 heteroatoms. The summed E-state index contributed by atoms with van der Waals surface area (Å²) in [5, 5.41) is 0. The highest BCUT2D eigenvalue weighted by Crippen LogP contribution is 1.85. The van der Waals surface area contributed by atoms with Crippen LogP contribution in [-0.2, 0) is 0 Å². The second-order valence-electron chi connectivity index (χ2n) is 1.24. The highest BCUT2D eigenvalue weighted by molar-refractivity contribution is 5.86. The van der Waals surface area contributed by atoms with Gasteiger partial charge in [-0.25, -0.2) is 9.98 Å². The van der Waals surface area contributed by atoms with Crippen molar-refractivity contribution in [2.75, 3.05) is 0 Å². The summed E-state index contributed by atoms with van der Waals surface area (Å²) >= 11 is 0. The lowest BCUT2D eigenvalue weighted by Crippen LogP contribution is -1.86. The average Bonchev–Trinajstić information content (AvgIpc) is 1.83. The predicted molar refractivity (Wildman–Crippen MR) is 37.5 cm³/mol. The van der Waals surface area contributed by atoms with Gasteiger partial charge in [0, 0.05) is 12.6 Å². The van der Waals surface area contributed by atoms with Crippen molar-refractivity contribution < 1.29 is 0 Å². The summed E-state index contributed by atoms with van der Waals surface area (Å²) in [6.07, 6.45) is 2.28. The molecule has 0 bridgehead atoms. The number of rotatable bonds is 2. The van der Waals surface area contributed by atoms with Crippen LogP contribution in [0.5, 0.6) is 0 Å². The average molecular weight is 110 g/mol. The molecular weight excluding hydrogens is 100 g/mol. The number of hydrogen-bond donors (Lipinski definition) is 0. The van der Waals surface area contributed by atoms with E-state index in [0.717, 1.165) is 12.3 Å². The first kappa shape index (κ1) is 7.08. The van der Waals surface area contributed by atoms with Gasteiger partial charge >= 0.3 is 0 Å². The number of amidine groups is 1. The van der Waals surface area contributed by atoms with Crippen LogP contribution in [0.1, 0.15) is 13.3 Å². The molecule has 0 fully saturated rings. The van der Waals surface area contributed by atoms with E-state index in [1.165, 1.54) is 6.20 Å². The molecule has 0 amide bonds. The first-order valence-electron chi connectivity index (χ1n) is 2.49. The molecule has 0 unspecified atom stereocenters. The lowest BCUT2D eigenvalue weighted by molar-refractivity contribution is 1.24. The van der Waals surface area contributed by atoms with Gasteiger partial charge in [-0.05, 0) is 6.72 Å². The second-order valence-corrected chi connectivity index (χ2v) is 1.24. The van der Waals surface area contributed by atoms with Gasteiger partial charge in [-0.1, -0.05) is 13.5 Å². The van der Waals surface area contributed by atoms with E-state index in [-0.39, 0.29) is 0 Å². The summed E-state index contributed by atoms with van der Waals surface area (Å²) < 4.78 is 0. The van der Waals surface area contributed by atoms with Gasteiger partial charge in [0.2, 0.25) is 0 Å². The Kier molecular flexibility index (Phi) is 3.76. The molecule has 0 aliphatic carbocycles. The van der Waals surface area contributed by atoms with Crippen LogP contribution >= 0.6 is 0 Å². The fourth-order valence-electron chi connectivity index (χ4n) is 0.349. The third kappa shape index (κ3) is 2.29. The van der Waals surface area contributed by atoms with Crippen LogP contribution in [-0.4, -0.2) is 12.6 Å². The van der Waals surface area contributed by atoms with Crippen molar-refractivity contribution in [3.8, 4) is 0 Å². The molecule has 0 aliphatic heterocycles. The van der Waals surface area contributed by atoms with Crippen LogP contribution in [0, 0.1) is 0 Å². The lowest BCUT2D eigenvalue weighted by atomic mass is 10.4. The van der Waals surface area contributed by atoms with E-state index in [1.54, 1.807) is 0 Å². The highest BCUT2D eigenvalue weighted by atomic mass is 14.9. The summed E-state index contributed by atoms with van der Waals surface area (Å²) in [5.41, 5.74) is 0. The normalized spacial score (nSPS) is 10.9. The molecule has 0 aromatic carbocycles. The first-order valence-corrected chi connectivity index (χ1v) is 2.49. The molecule has 44 valence electrons. The van der Waals surface area contributed by atoms with Crippen LogP contribution in [0.4, 0.5) is 0 Å². The van der Waals surface area contributed by atoms with E-state index < -0.39 is 0 Å². The van der Waals surface area contributed by atoms with Gasteiger partial charge in [0.05, 0.1) is 0 Å². The minimum atomic E-state index is 0.736. The Labute approximate surface area is 49.7 Å². The summed E-state index contributed by atoms with van der Waals surface area (Å²) in [5.74, 6) is 0.736. The molecule has 0 aromatic heterocycles. The Morgan fingerprint density at radius 3 is 2.50 bits per heavy atom. The van der Waals surface area contributed by atoms with Crippen LogP contribution in [0.15, 0.2) is 22.8 Å². The van der Waals surface area contributed by atoms with Crippen molar-refractivity contribution in [1.29, 1.82) is 0 Å². The second kappa shape index (κ2) is 4.24. The SMILES string of the molecule is C=CN=C(CC)N=C. The van der Waals surface area contributed by atoms with Crippen LogP contribution < -0.4 is 0 Å². The quantitative estimate of drug-likeness (QED) is 0.381. The molecule has 0 heterocycles. The van der Waals surface area contributed by atoms with Gasteiger partial charge in [-0.3, -0.25) is 0 Å². The Morgan fingerprint density at radius 2 is 2.38 bits per heavy atom. The van der Waals surface area contributed by atoms with Gasteiger partial charge in [-0.15, -0.1) is 0 Å². The monoisotopic (exact) mass is 110 g/mol. The molecule has 0 saturated carbocycles. The Hall–Kier alpha value is -0.920. The first-order chi connectivity index (χ1) is 3.85.